The number of benzene rings is 1. The Morgan fingerprint density at radius 2 is 2.18 bits per heavy atom. The van der Waals surface area contributed by atoms with Gasteiger partial charge >= 0.3 is 5.97 Å². The van der Waals surface area contributed by atoms with Crippen LogP contribution in [0, 0.1) is 0 Å². The molecule has 10 nitrogen and oxygen atoms in total. The molecular weight excluding hydrogens is 474 g/mol. The Balaban J connectivity index is 1.35. The molecule has 4 rings (SSSR count). The van der Waals surface area contributed by atoms with Gasteiger partial charge in [0.1, 0.15) is 10.9 Å². The molecule has 1 aliphatic heterocycles. The molecule has 1 aromatic carbocycles. The molecule has 174 valence electrons. The number of halogens is 1. The quantitative estimate of drug-likeness (QED) is 0.432. The molecule has 1 aliphatic rings. The second-order valence-electron chi connectivity index (χ2n) is 7.30. The number of nitrogens with one attached hydrogen (secondary N) is 2. The van der Waals surface area contributed by atoms with Crippen LogP contribution in [0.4, 0.5) is 0 Å². The highest BCUT2D eigenvalue weighted by atomic mass is 35.5. The van der Waals surface area contributed by atoms with E-state index in [1.54, 1.807) is 23.6 Å². The molecule has 2 atom stereocenters. The van der Waals surface area contributed by atoms with Crippen molar-refractivity contribution in [2.75, 3.05) is 19.8 Å². The number of rotatable bonds is 8. The van der Waals surface area contributed by atoms with E-state index in [1.807, 2.05) is 6.07 Å². The molecule has 1 amide bonds. The SMILES string of the molecule is O=C(NCc1cccc(Cl)c1)c1nc2scc(COCC3COC(C(=O)O)CO3)c2c(=O)[nH]1. The summed E-state index contributed by atoms with van der Waals surface area (Å²) in [6.45, 7) is 0.616. The first-order chi connectivity index (χ1) is 15.9. The van der Waals surface area contributed by atoms with E-state index in [0.717, 1.165) is 5.56 Å². The summed E-state index contributed by atoms with van der Waals surface area (Å²) in [5.41, 5.74) is 1.02. The molecule has 33 heavy (non-hydrogen) atoms. The topological polar surface area (TPSA) is 140 Å². The number of aromatic amines is 1. The van der Waals surface area contributed by atoms with Crippen LogP contribution in [0.3, 0.4) is 0 Å². The van der Waals surface area contributed by atoms with E-state index < -0.39 is 29.6 Å². The first-order valence-corrected chi connectivity index (χ1v) is 11.2. The number of aliphatic carboxylic acids is 1. The van der Waals surface area contributed by atoms with Crippen molar-refractivity contribution >= 4 is 45.0 Å². The Kier molecular flexibility index (Phi) is 7.36. The van der Waals surface area contributed by atoms with Crippen LogP contribution in [0.15, 0.2) is 34.4 Å². The Bertz CT molecular complexity index is 1220. The largest absolute Gasteiger partial charge is 0.479 e. The van der Waals surface area contributed by atoms with Gasteiger partial charge in [-0.2, -0.15) is 0 Å². The van der Waals surface area contributed by atoms with Crippen molar-refractivity contribution in [1.82, 2.24) is 15.3 Å². The lowest BCUT2D eigenvalue weighted by molar-refractivity contribution is -0.181. The predicted octanol–water partition coefficient (Wildman–Crippen LogP) is 1.95. The van der Waals surface area contributed by atoms with E-state index in [9.17, 15) is 14.4 Å². The van der Waals surface area contributed by atoms with Gasteiger partial charge in [0.25, 0.3) is 11.5 Å². The van der Waals surface area contributed by atoms with Gasteiger partial charge in [-0.15, -0.1) is 11.3 Å². The highest BCUT2D eigenvalue weighted by molar-refractivity contribution is 7.16. The number of carboxylic acid groups (broad SMARTS) is 1. The zero-order valence-electron chi connectivity index (χ0n) is 17.2. The van der Waals surface area contributed by atoms with Gasteiger partial charge in [0.15, 0.2) is 6.10 Å². The normalized spacial score (nSPS) is 18.3. The van der Waals surface area contributed by atoms with Crippen LogP contribution >= 0.6 is 22.9 Å². The molecular formula is C21H20ClN3O7S. The average molecular weight is 494 g/mol. The predicted molar refractivity (Wildman–Crippen MR) is 120 cm³/mol. The Morgan fingerprint density at radius 3 is 2.91 bits per heavy atom. The van der Waals surface area contributed by atoms with Crippen LogP contribution < -0.4 is 10.9 Å². The van der Waals surface area contributed by atoms with Crippen molar-refractivity contribution in [2.45, 2.75) is 25.4 Å². The van der Waals surface area contributed by atoms with E-state index in [2.05, 4.69) is 15.3 Å². The molecule has 3 N–H and O–H groups in total. The van der Waals surface area contributed by atoms with Gasteiger partial charge in [-0.3, -0.25) is 9.59 Å². The summed E-state index contributed by atoms with van der Waals surface area (Å²) in [5, 5.41) is 14.3. The van der Waals surface area contributed by atoms with E-state index in [-0.39, 0.29) is 38.8 Å². The van der Waals surface area contributed by atoms with Gasteiger partial charge in [0.2, 0.25) is 5.82 Å². The number of H-pyrrole nitrogens is 1. The first kappa shape index (κ1) is 23.3. The molecule has 0 aliphatic carbocycles. The molecule has 3 heterocycles. The molecule has 1 fully saturated rings. The van der Waals surface area contributed by atoms with Gasteiger partial charge in [-0.05, 0) is 23.1 Å². The highest BCUT2D eigenvalue weighted by Crippen LogP contribution is 2.22. The van der Waals surface area contributed by atoms with Gasteiger partial charge < -0.3 is 29.6 Å². The second-order valence-corrected chi connectivity index (χ2v) is 8.59. The summed E-state index contributed by atoms with van der Waals surface area (Å²) in [6, 6.07) is 7.09. The number of ether oxygens (including phenoxy) is 3. The maximum Gasteiger partial charge on any atom is 0.335 e. The summed E-state index contributed by atoms with van der Waals surface area (Å²) in [7, 11) is 0. The zero-order valence-corrected chi connectivity index (χ0v) is 18.8. The molecule has 2 unspecified atom stereocenters. The summed E-state index contributed by atoms with van der Waals surface area (Å²) in [6.07, 6.45) is -1.36. The third-order valence-corrected chi connectivity index (χ3v) is 6.04. The van der Waals surface area contributed by atoms with Crippen molar-refractivity contribution in [3.8, 4) is 0 Å². The lowest BCUT2D eigenvalue weighted by Gasteiger charge is -2.27. The third kappa shape index (κ3) is 5.75. The number of amides is 1. The van der Waals surface area contributed by atoms with Crippen molar-refractivity contribution in [3.05, 3.63) is 62.0 Å². The number of carbonyl (C=O) groups excluding carboxylic acids is 1. The monoisotopic (exact) mass is 493 g/mol. The van der Waals surface area contributed by atoms with Crippen molar-refractivity contribution in [1.29, 1.82) is 0 Å². The fourth-order valence-corrected chi connectivity index (χ4v) is 4.35. The number of fused-ring (bicyclic) bond motifs is 1. The number of carbonyl (C=O) groups is 2. The van der Waals surface area contributed by atoms with Crippen LogP contribution in [-0.2, 0) is 32.2 Å². The summed E-state index contributed by atoms with van der Waals surface area (Å²) in [4.78, 5) is 43.2. The van der Waals surface area contributed by atoms with Crippen LogP contribution in [0.1, 0.15) is 21.7 Å². The average Bonchev–Trinajstić information content (AvgIpc) is 3.21. The Hall–Kier alpha value is -2.83. The minimum absolute atomic E-state index is 0.0452. The number of nitrogens with zero attached hydrogens (tertiary/aromatic N) is 1. The Morgan fingerprint density at radius 1 is 1.33 bits per heavy atom. The standard InChI is InChI=1S/C21H20ClN3O7S/c22-13-3-1-2-11(4-13)5-23-19(27)17-24-18(26)16-12(10-33-20(16)25-17)6-30-7-14-8-32-15(9-31-14)21(28)29/h1-4,10,14-15H,5-9H2,(H,23,27)(H,28,29)(H,24,25,26). The van der Waals surface area contributed by atoms with Crippen molar-refractivity contribution < 1.29 is 28.9 Å². The lowest BCUT2D eigenvalue weighted by Crippen LogP contribution is -2.42. The lowest BCUT2D eigenvalue weighted by atomic mass is 10.2. The van der Waals surface area contributed by atoms with Gasteiger partial charge in [0, 0.05) is 17.1 Å². The molecule has 0 spiro atoms. The molecule has 3 aromatic rings. The number of thiophene rings is 1. The number of hydrogen-bond donors (Lipinski definition) is 3. The van der Waals surface area contributed by atoms with Crippen LogP contribution in [0.25, 0.3) is 10.2 Å². The Labute approximate surface area is 196 Å². The molecule has 0 bridgehead atoms. The van der Waals surface area contributed by atoms with Crippen molar-refractivity contribution in [2.24, 2.45) is 0 Å². The summed E-state index contributed by atoms with van der Waals surface area (Å²) < 4.78 is 16.3. The molecule has 1 saturated heterocycles. The van der Waals surface area contributed by atoms with E-state index in [1.165, 1.54) is 11.3 Å². The van der Waals surface area contributed by atoms with Gasteiger partial charge in [-0.25, -0.2) is 9.78 Å². The molecule has 0 saturated carbocycles. The fourth-order valence-electron chi connectivity index (χ4n) is 3.22. The third-order valence-electron chi connectivity index (χ3n) is 4.88. The number of carboxylic acids is 1. The minimum atomic E-state index is -1.07. The van der Waals surface area contributed by atoms with E-state index >= 15 is 0 Å². The first-order valence-electron chi connectivity index (χ1n) is 9.97. The summed E-state index contributed by atoms with van der Waals surface area (Å²) >= 11 is 7.18. The van der Waals surface area contributed by atoms with Crippen LogP contribution in [-0.4, -0.2) is 59.0 Å². The van der Waals surface area contributed by atoms with E-state index in [0.29, 0.717) is 20.8 Å². The molecule has 12 heteroatoms. The van der Waals surface area contributed by atoms with E-state index in [4.69, 9.17) is 30.9 Å². The van der Waals surface area contributed by atoms with Gasteiger partial charge in [-0.1, -0.05) is 23.7 Å². The highest BCUT2D eigenvalue weighted by Gasteiger charge is 2.27. The molecule has 0 radical (unpaired) electrons. The fraction of sp³-hybridized carbons (Fsp3) is 0.333. The number of aromatic nitrogens is 2. The maximum atomic E-state index is 12.6. The maximum absolute atomic E-state index is 12.6. The smallest absolute Gasteiger partial charge is 0.335 e. The van der Waals surface area contributed by atoms with Gasteiger partial charge in [0.05, 0.1) is 31.8 Å². The summed E-state index contributed by atoms with van der Waals surface area (Å²) in [5.74, 6) is -1.65. The van der Waals surface area contributed by atoms with Crippen molar-refractivity contribution in [3.63, 3.8) is 0 Å². The number of hydrogen-bond acceptors (Lipinski definition) is 8. The minimum Gasteiger partial charge on any atom is -0.479 e. The second kappa shape index (κ2) is 10.4. The van der Waals surface area contributed by atoms with Crippen LogP contribution in [0.5, 0.6) is 0 Å². The van der Waals surface area contributed by atoms with Crippen LogP contribution in [0.2, 0.25) is 5.02 Å². The zero-order chi connectivity index (χ0) is 23.4. The molecule has 2 aromatic heterocycles.